The Labute approximate surface area is 127 Å². The highest BCUT2D eigenvalue weighted by molar-refractivity contribution is 5.86. The van der Waals surface area contributed by atoms with Gasteiger partial charge in [-0.15, -0.1) is 0 Å². The van der Waals surface area contributed by atoms with Crippen LogP contribution in [0, 0.1) is 0 Å². The number of hydrogen-bond donors (Lipinski definition) is 1. The van der Waals surface area contributed by atoms with Gasteiger partial charge in [0.15, 0.2) is 0 Å². The summed E-state index contributed by atoms with van der Waals surface area (Å²) in [5.41, 5.74) is 6.60. The first-order valence-electron chi connectivity index (χ1n) is 7.79. The van der Waals surface area contributed by atoms with E-state index in [1.165, 1.54) is 0 Å². The number of rotatable bonds is 5. The largest absolute Gasteiger partial charge is 0.339 e. The Morgan fingerprint density at radius 3 is 2.43 bits per heavy atom. The van der Waals surface area contributed by atoms with Crippen molar-refractivity contribution in [3.63, 3.8) is 0 Å². The average molecular weight is 290 g/mol. The molecule has 1 aromatic heterocycles. The monoisotopic (exact) mass is 290 g/mol. The van der Waals surface area contributed by atoms with Crippen molar-refractivity contribution in [2.45, 2.75) is 38.8 Å². The maximum Gasteiger partial charge on any atom is 0.242 e. The van der Waals surface area contributed by atoms with Gasteiger partial charge in [0.25, 0.3) is 0 Å². The zero-order valence-electron chi connectivity index (χ0n) is 13.1. The number of amides is 1. The zero-order chi connectivity index (χ0) is 15.3. The molecule has 5 heteroatoms. The van der Waals surface area contributed by atoms with Crippen molar-refractivity contribution in [3.8, 4) is 0 Å². The van der Waals surface area contributed by atoms with Gasteiger partial charge in [-0.05, 0) is 25.0 Å². The first kappa shape index (κ1) is 15.9. The maximum absolute atomic E-state index is 12.5. The van der Waals surface area contributed by atoms with Gasteiger partial charge >= 0.3 is 0 Å². The number of pyridine rings is 1. The summed E-state index contributed by atoms with van der Waals surface area (Å²) >= 11 is 0. The first-order valence-corrected chi connectivity index (χ1v) is 7.79. The van der Waals surface area contributed by atoms with Crippen LogP contribution in [0.25, 0.3) is 0 Å². The topological polar surface area (TPSA) is 62.5 Å². The zero-order valence-corrected chi connectivity index (χ0v) is 13.1. The molecule has 1 aliphatic rings. The molecule has 1 aromatic rings. The maximum atomic E-state index is 12.5. The van der Waals surface area contributed by atoms with E-state index in [9.17, 15) is 4.79 Å². The SMILES string of the molecule is CCC(N)(CC)C(=O)N1CCN(Cc2ccccn2)CC1. The van der Waals surface area contributed by atoms with Gasteiger partial charge in [-0.1, -0.05) is 19.9 Å². The molecule has 0 radical (unpaired) electrons. The van der Waals surface area contributed by atoms with Crippen LogP contribution in [0.1, 0.15) is 32.4 Å². The highest BCUT2D eigenvalue weighted by Crippen LogP contribution is 2.17. The molecular formula is C16H26N4O. The lowest BCUT2D eigenvalue weighted by molar-refractivity contribution is -0.139. The summed E-state index contributed by atoms with van der Waals surface area (Å²) < 4.78 is 0. The van der Waals surface area contributed by atoms with Gasteiger partial charge in [-0.25, -0.2) is 0 Å². The fourth-order valence-electron chi connectivity index (χ4n) is 2.70. The predicted molar refractivity (Wildman–Crippen MR) is 83.6 cm³/mol. The smallest absolute Gasteiger partial charge is 0.242 e. The number of piperazine rings is 1. The van der Waals surface area contributed by atoms with Gasteiger partial charge in [0.05, 0.1) is 11.2 Å². The highest BCUT2D eigenvalue weighted by Gasteiger charge is 2.35. The summed E-state index contributed by atoms with van der Waals surface area (Å²) in [6.45, 7) is 8.09. The molecular weight excluding hydrogens is 264 g/mol. The summed E-state index contributed by atoms with van der Waals surface area (Å²) in [4.78, 5) is 21.1. The summed E-state index contributed by atoms with van der Waals surface area (Å²) in [5.74, 6) is 0.102. The normalized spacial score (nSPS) is 17.0. The van der Waals surface area contributed by atoms with Crippen molar-refractivity contribution in [1.82, 2.24) is 14.8 Å². The molecule has 0 saturated carbocycles. The third kappa shape index (κ3) is 3.80. The highest BCUT2D eigenvalue weighted by atomic mass is 16.2. The van der Waals surface area contributed by atoms with E-state index in [0.717, 1.165) is 38.4 Å². The summed E-state index contributed by atoms with van der Waals surface area (Å²) in [6.07, 6.45) is 3.20. The van der Waals surface area contributed by atoms with Crippen LogP contribution < -0.4 is 5.73 Å². The van der Waals surface area contributed by atoms with E-state index in [4.69, 9.17) is 5.73 Å². The van der Waals surface area contributed by atoms with E-state index < -0.39 is 5.54 Å². The molecule has 0 aliphatic carbocycles. The van der Waals surface area contributed by atoms with Crippen molar-refractivity contribution in [2.24, 2.45) is 5.73 Å². The number of nitrogens with zero attached hydrogens (tertiary/aromatic N) is 3. The van der Waals surface area contributed by atoms with Gasteiger partial charge in [-0.3, -0.25) is 14.7 Å². The van der Waals surface area contributed by atoms with E-state index in [1.54, 1.807) is 0 Å². The molecule has 1 aliphatic heterocycles. The van der Waals surface area contributed by atoms with Crippen molar-refractivity contribution in [2.75, 3.05) is 26.2 Å². The Bertz CT molecular complexity index is 451. The number of aromatic nitrogens is 1. The third-order valence-electron chi connectivity index (χ3n) is 4.46. The molecule has 0 spiro atoms. The second-order valence-corrected chi connectivity index (χ2v) is 5.75. The molecule has 5 nitrogen and oxygen atoms in total. The van der Waals surface area contributed by atoms with Crippen LogP contribution in [0.15, 0.2) is 24.4 Å². The lowest BCUT2D eigenvalue weighted by Crippen LogP contribution is -2.59. The van der Waals surface area contributed by atoms with Crippen molar-refractivity contribution < 1.29 is 4.79 Å². The Morgan fingerprint density at radius 2 is 1.90 bits per heavy atom. The first-order chi connectivity index (χ1) is 10.1. The van der Waals surface area contributed by atoms with E-state index in [-0.39, 0.29) is 5.91 Å². The van der Waals surface area contributed by atoms with E-state index in [0.29, 0.717) is 12.8 Å². The molecule has 2 rings (SSSR count). The molecule has 0 aromatic carbocycles. The number of nitrogens with two attached hydrogens (primary N) is 1. The van der Waals surface area contributed by atoms with Crippen LogP contribution in [0.3, 0.4) is 0 Å². The molecule has 1 amide bonds. The van der Waals surface area contributed by atoms with Gasteiger partial charge in [-0.2, -0.15) is 0 Å². The van der Waals surface area contributed by atoms with Crippen LogP contribution in [-0.4, -0.2) is 52.4 Å². The minimum Gasteiger partial charge on any atom is -0.339 e. The lowest BCUT2D eigenvalue weighted by Gasteiger charge is -2.39. The fraction of sp³-hybridized carbons (Fsp3) is 0.625. The number of carbonyl (C=O) groups is 1. The molecule has 116 valence electrons. The van der Waals surface area contributed by atoms with Gasteiger partial charge in [0.2, 0.25) is 5.91 Å². The standard InChI is InChI=1S/C16H26N4O/c1-3-16(17,4-2)15(21)20-11-9-19(10-12-20)13-14-7-5-6-8-18-14/h5-8H,3-4,9-13,17H2,1-2H3. The molecule has 1 fully saturated rings. The Hall–Kier alpha value is -1.46. The Balaban J connectivity index is 1.87. The Kier molecular flexibility index (Phi) is 5.31. The molecule has 0 unspecified atom stereocenters. The van der Waals surface area contributed by atoms with Gasteiger partial charge < -0.3 is 10.6 Å². The molecule has 2 N–H and O–H groups in total. The minimum absolute atomic E-state index is 0.102. The molecule has 1 saturated heterocycles. The fourth-order valence-corrected chi connectivity index (χ4v) is 2.70. The van der Waals surface area contributed by atoms with E-state index in [2.05, 4.69) is 9.88 Å². The summed E-state index contributed by atoms with van der Waals surface area (Å²) in [5, 5.41) is 0. The third-order valence-corrected chi connectivity index (χ3v) is 4.46. The molecule has 21 heavy (non-hydrogen) atoms. The van der Waals surface area contributed by atoms with Crippen LogP contribution in [0.4, 0.5) is 0 Å². The van der Waals surface area contributed by atoms with Crippen molar-refractivity contribution in [3.05, 3.63) is 30.1 Å². The molecule has 2 heterocycles. The van der Waals surface area contributed by atoms with Crippen molar-refractivity contribution >= 4 is 5.91 Å². The lowest BCUT2D eigenvalue weighted by atomic mass is 9.92. The quantitative estimate of drug-likeness (QED) is 0.886. The summed E-state index contributed by atoms with van der Waals surface area (Å²) in [7, 11) is 0. The van der Waals surface area contributed by atoms with Gasteiger partial charge in [0.1, 0.15) is 0 Å². The average Bonchev–Trinajstić information content (AvgIpc) is 2.55. The molecule has 0 atom stereocenters. The molecule has 0 bridgehead atoms. The van der Waals surface area contributed by atoms with Crippen LogP contribution >= 0.6 is 0 Å². The second kappa shape index (κ2) is 7.00. The number of carbonyl (C=O) groups excluding carboxylic acids is 1. The van der Waals surface area contributed by atoms with Crippen LogP contribution in [0.2, 0.25) is 0 Å². The second-order valence-electron chi connectivity index (χ2n) is 5.75. The van der Waals surface area contributed by atoms with E-state index in [1.807, 2.05) is 43.1 Å². The van der Waals surface area contributed by atoms with Crippen LogP contribution in [0.5, 0.6) is 0 Å². The van der Waals surface area contributed by atoms with Gasteiger partial charge in [0, 0.05) is 38.9 Å². The minimum atomic E-state index is -0.691. The summed E-state index contributed by atoms with van der Waals surface area (Å²) in [6, 6.07) is 5.97. The Morgan fingerprint density at radius 1 is 1.24 bits per heavy atom. The van der Waals surface area contributed by atoms with Crippen molar-refractivity contribution in [1.29, 1.82) is 0 Å². The predicted octanol–water partition coefficient (Wildman–Crippen LogP) is 1.24. The van der Waals surface area contributed by atoms with Crippen LogP contribution in [-0.2, 0) is 11.3 Å². The number of hydrogen-bond acceptors (Lipinski definition) is 4. The van der Waals surface area contributed by atoms with E-state index >= 15 is 0 Å².